The van der Waals surface area contributed by atoms with E-state index in [4.69, 9.17) is 4.74 Å². The Bertz CT molecular complexity index is 53.5. The van der Waals surface area contributed by atoms with E-state index in [0.717, 1.165) is 11.7 Å². The molecule has 0 saturated heterocycles. The van der Waals surface area contributed by atoms with Gasteiger partial charge in [-0.05, 0) is 6.08 Å². The second-order valence-corrected chi connectivity index (χ2v) is 2.00. The van der Waals surface area contributed by atoms with Gasteiger partial charge in [0.15, 0.2) is 0 Å². The van der Waals surface area contributed by atoms with Gasteiger partial charge in [-0.25, -0.2) is 0 Å². The molecular weight excluding hydrogens is 120 g/mol. The molecule has 0 fully saturated rings. The van der Waals surface area contributed by atoms with Crippen molar-refractivity contribution in [3.63, 3.8) is 0 Å². The molecule has 0 aromatic rings. The number of hydrogen-bond donors (Lipinski definition) is 0. The third-order valence-electron chi connectivity index (χ3n) is 0.558. The summed E-state index contributed by atoms with van der Waals surface area (Å²) >= 11 is 1.79. The Morgan fingerprint density at radius 3 is 2.38 bits per heavy atom. The highest BCUT2D eigenvalue weighted by Crippen LogP contribution is 2.05. The lowest BCUT2D eigenvalue weighted by atomic mass is 10.7. The summed E-state index contributed by atoms with van der Waals surface area (Å²) in [5.41, 5.74) is 0. The first kappa shape index (κ1) is 7.89. The zero-order valence-corrected chi connectivity index (χ0v) is 6.20. The van der Waals surface area contributed by atoms with Gasteiger partial charge in [0.2, 0.25) is 0 Å². The topological polar surface area (TPSA) is 9.23 Å². The van der Waals surface area contributed by atoms with E-state index in [2.05, 4.69) is 0 Å². The Balaban J connectivity index is 0.000000222. The minimum absolute atomic E-state index is 0.830. The SMILES string of the molecule is C1=COCSC1.CC. The van der Waals surface area contributed by atoms with Crippen molar-refractivity contribution >= 4 is 11.8 Å². The fourth-order valence-electron chi connectivity index (χ4n) is 0.311. The maximum Gasteiger partial charge on any atom is 0.133 e. The lowest BCUT2D eigenvalue weighted by Gasteiger charge is -2.01. The van der Waals surface area contributed by atoms with Crippen LogP contribution in [-0.2, 0) is 4.74 Å². The molecule has 0 saturated carbocycles. The molecule has 0 spiro atoms. The van der Waals surface area contributed by atoms with Crippen molar-refractivity contribution in [2.24, 2.45) is 0 Å². The molecule has 0 aromatic carbocycles. The van der Waals surface area contributed by atoms with Gasteiger partial charge in [0.25, 0.3) is 0 Å². The second kappa shape index (κ2) is 6.89. The predicted octanol–water partition coefficient (Wildman–Crippen LogP) is 2.25. The van der Waals surface area contributed by atoms with Gasteiger partial charge < -0.3 is 4.74 Å². The van der Waals surface area contributed by atoms with Gasteiger partial charge in [0.05, 0.1) is 6.26 Å². The first-order valence-electron chi connectivity index (χ1n) is 2.84. The maximum atomic E-state index is 4.85. The zero-order valence-electron chi connectivity index (χ0n) is 5.39. The highest BCUT2D eigenvalue weighted by molar-refractivity contribution is 7.99. The third kappa shape index (κ3) is 4.06. The van der Waals surface area contributed by atoms with Crippen molar-refractivity contribution in [3.05, 3.63) is 12.3 Å². The predicted molar refractivity (Wildman–Crippen MR) is 38.9 cm³/mol. The first-order chi connectivity index (χ1) is 4.00. The Morgan fingerprint density at radius 2 is 2.25 bits per heavy atom. The van der Waals surface area contributed by atoms with Crippen molar-refractivity contribution < 1.29 is 4.74 Å². The highest BCUT2D eigenvalue weighted by Gasteiger charge is 1.86. The quantitative estimate of drug-likeness (QED) is 0.500. The van der Waals surface area contributed by atoms with Crippen LogP contribution in [0.1, 0.15) is 13.8 Å². The fourth-order valence-corrected chi connectivity index (χ4v) is 0.797. The lowest BCUT2D eigenvalue weighted by molar-refractivity contribution is 0.314. The average Bonchev–Trinajstić information content (AvgIpc) is 1.96. The van der Waals surface area contributed by atoms with E-state index in [1.807, 2.05) is 19.9 Å². The minimum atomic E-state index is 0.830. The van der Waals surface area contributed by atoms with Crippen LogP contribution in [0.3, 0.4) is 0 Å². The molecule has 0 amide bonds. The lowest BCUT2D eigenvalue weighted by Crippen LogP contribution is -1.87. The molecule has 0 atom stereocenters. The molecule has 8 heavy (non-hydrogen) atoms. The molecule has 0 unspecified atom stereocenters. The summed E-state index contributed by atoms with van der Waals surface area (Å²) < 4.78 is 4.85. The standard InChI is InChI=1S/C4H6OS.C2H6/c1-2-5-4-6-3-1;1-2/h1-2H,3-4H2;1-2H3. The van der Waals surface area contributed by atoms with Crippen LogP contribution in [0.5, 0.6) is 0 Å². The number of hydrogen-bond acceptors (Lipinski definition) is 2. The molecular formula is C6H12OS. The van der Waals surface area contributed by atoms with E-state index in [0.29, 0.717) is 0 Å². The minimum Gasteiger partial charge on any atom is -0.491 e. The van der Waals surface area contributed by atoms with Crippen LogP contribution in [0.4, 0.5) is 0 Å². The zero-order chi connectivity index (χ0) is 6.24. The van der Waals surface area contributed by atoms with Gasteiger partial charge in [0, 0.05) is 5.75 Å². The van der Waals surface area contributed by atoms with Crippen LogP contribution in [-0.4, -0.2) is 11.7 Å². The third-order valence-corrected chi connectivity index (χ3v) is 1.29. The van der Waals surface area contributed by atoms with Crippen LogP contribution < -0.4 is 0 Å². The molecule has 0 bridgehead atoms. The summed E-state index contributed by atoms with van der Waals surface area (Å²) in [5, 5.41) is 0. The molecule has 1 aliphatic rings. The molecule has 1 rings (SSSR count). The van der Waals surface area contributed by atoms with Gasteiger partial charge in [-0.15, -0.1) is 11.8 Å². The summed E-state index contributed by atoms with van der Waals surface area (Å²) in [6.07, 6.45) is 3.75. The van der Waals surface area contributed by atoms with Gasteiger partial charge in [-0.2, -0.15) is 0 Å². The summed E-state index contributed by atoms with van der Waals surface area (Å²) in [5.74, 6) is 1.94. The van der Waals surface area contributed by atoms with Crippen LogP contribution in [0.25, 0.3) is 0 Å². The molecule has 0 N–H and O–H groups in total. The monoisotopic (exact) mass is 132 g/mol. The van der Waals surface area contributed by atoms with Gasteiger partial charge >= 0.3 is 0 Å². The van der Waals surface area contributed by atoms with Crippen LogP contribution in [0.2, 0.25) is 0 Å². The van der Waals surface area contributed by atoms with E-state index in [9.17, 15) is 0 Å². The molecule has 48 valence electrons. The summed E-state index contributed by atoms with van der Waals surface area (Å²) in [7, 11) is 0. The summed E-state index contributed by atoms with van der Waals surface area (Å²) in [4.78, 5) is 0. The molecule has 0 radical (unpaired) electrons. The first-order valence-corrected chi connectivity index (χ1v) is 4.00. The van der Waals surface area contributed by atoms with E-state index in [1.54, 1.807) is 18.0 Å². The fraction of sp³-hybridized carbons (Fsp3) is 0.667. The smallest absolute Gasteiger partial charge is 0.133 e. The maximum absolute atomic E-state index is 4.85. The number of thioether (sulfide) groups is 1. The van der Waals surface area contributed by atoms with Crippen molar-refractivity contribution in [2.45, 2.75) is 13.8 Å². The molecule has 1 nitrogen and oxygen atoms in total. The summed E-state index contributed by atoms with van der Waals surface area (Å²) in [6.45, 7) is 4.00. The average molecular weight is 132 g/mol. The van der Waals surface area contributed by atoms with Gasteiger partial charge in [-0.3, -0.25) is 0 Å². The van der Waals surface area contributed by atoms with E-state index in [1.165, 1.54) is 0 Å². The van der Waals surface area contributed by atoms with Crippen molar-refractivity contribution in [2.75, 3.05) is 11.7 Å². The van der Waals surface area contributed by atoms with E-state index >= 15 is 0 Å². The molecule has 0 aromatic heterocycles. The molecule has 0 aliphatic carbocycles. The Hall–Kier alpha value is -0.110. The van der Waals surface area contributed by atoms with E-state index in [-0.39, 0.29) is 0 Å². The van der Waals surface area contributed by atoms with Gasteiger partial charge in [-0.1, -0.05) is 13.8 Å². The van der Waals surface area contributed by atoms with Crippen LogP contribution >= 0.6 is 11.8 Å². The van der Waals surface area contributed by atoms with Crippen LogP contribution in [0.15, 0.2) is 12.3 Å². The van der Waals surface area contributed by atoms with Crippen molar-refractivity contribution in [1.82, 2.24) is 0 Å². The highest BCUT2D eigenvalue weighted by atomic mass is 32.2. The molecule has 2 heteroatoms. The van der Waals surface area contributed by atoms with Crippen molar-refractivity contribution in [1.29, 1.82) is 0 Å². The summed E-state index contributed by atoms with van der Waals surface area (Å²) in [6, 6.07) is 0. The van der Waals surface area contributed by atoms with E-state index < -0.39 is 0 Å². The normalized spacial score (nSPS) is 15.8. The Kier molecular flexibility index (Phi) is 6.80. The number of rotatable bonds is 0. The molecule has 1 heterocycles. The number of ether oxygens (including phenoxy) is 1. The van der Waals surface area contributed by atoms with Gasteiger partial charge in [0.1, 0.15) is 5.94 Å². The Labute approximate surface area is 55.1 Å². The van der Waals surface area contributed by atoms with Crippen LogP contribution in [0, 0.1) is 0 Å². The van der Waals surface area contributed by atoms with Crippen molar-refractivity contribution in [3.8, 4) is 0 Å². The molecule has 1 aliphatic heterocycles. The Morgan fingerprint density at radius 1 is 1.50 bits per heavy atom. The second-order valence-electron chi connectivity index (χ2n) is 1.03. The largest absolute Gasteiger partial charge is 0.491 e.